The van der Waals surface area contributed by atoms with Crippen LogP contribution in [0, 0.1) is 5.92 Å². The molecule has 0 saturated heterocycles. The van der Waals surface area contributed by atoms with Crippen LogP contribution in [0.25, 0.3) is 0 Å². The van der Waals surface area contributed by atoms with Crippen molar-refractivity contribution < 1.29 is 14.6 Å². The second-order valence-corrected chi connectivity index (χ2v) is 4.93. The summed E-state index contributed by atoms with van der Waals surface area (Å²) < 4.78 is 10.4. The van der Waals surface area contributed by atoms with Crippen LogP contribution in [0.3, 0.4) is 0 Å². The molecule has 0 amide bonds. The molecule has 1 aliphatic rings. The SMILES string of the molecule is COCC(C)OCC(O)CNC1CC(C)C1. The zero-order chi connectivity index (χ0) is 12.0. The second kappa shape index (κ2) is 7.22. The summed E-state index contributed by atoms with van der Waals surface area (Å²) in [7, 11) is 1.65. The van der Waals surface area contributed by atoms with Crippen LogP contribution in [0.4, 0.5) is 0 Å². The molecule has 16 heavy (non-hydrogen) atoms. The summed E-state index contributed by atoms with van der Waals surface area (Å²) in [5, 5.41) is 13.0. The molecule has 0 spiro atoms. The van der Waals surface area contributed by atoms with E-state index in [1.54, 1.807) is 7.11 Å². The van der Waals surface area contributed by atoms with Crippen molar-refractivity contribution >= 4 is 0 Å². The minimum Gasteiger partial charge on any atom is -0.389 e. The predicted octanol–water partition coefficient (Wildman–Crippen LogP) is 0.787. The zero-order valence-electron chi connectivity index (χ0n) is 10.6. The number of hydrogen-bond donors (Lipinski definition) is 2. The van der Waals surface area contributed by atoms with Crippen LogP contribution in [0.15, 0.2) is 0 Å². The number of nitrogens with one attached hydrogen (secondary N) is 1. The molecule has 0 aromatic carbocycles. The Morgan fingerprint density at radius 2 is 2.06 bits per heavy atom. The van der Waals surface area contributed by atoms with E-state index in [0.29, 0.717) is 25.8 Å². The Morgan fingerprint density at radius 3 is 2.62 bits per heavy atom. The Bertz CT molecular complexity index is 174. The number of aliphatic hydroxyl groups excluding tert-OH is 1. The van der Waals surface area contributed by atoms with Crippen LogP contribution in [0.1, 0.15) is 26.7 Å². The predicted molar refractivity (Wildman–Crippen MR) is 63.5 cm³/mol. The fourth-order valence-electron chi connectivity index (χ4n) is 1.99. The van der Waals surface area contributed by atoms with Crippen LogP contribution in [-0.4, -0.2) is 50.2 Å². The van der Waals surface area contributed by atoms with E-state index in [2.05, 4.69) is 12.2 Å². The highest BCUT2D eigenvalue weighted by Crippen LogP contribution is 2.25. The van der Waals surface area contributed by atoms with Crippen molar-refractivity contribution in [3.63, 3.8) is 0 Å². The molecule has 1 fully saturated rings. The summed E-state index contributed by atoms with van der Waals surface area (Å²) in [4.78, 5) is 0. The van der Waals surface area contributed by atoms with Crippen molar-refractivity contribution in [2.45, 2.75) is 44.9 Å². The van der Waals surface area contributed by atoms with Gasteiger partial charge in [-0.3, -0.25) is 0 Å². The highest BCUT2D eigenvalue weighted by Gasteiger charge is 2.25. The molecule has 2 N–H and O–H groups in total. The highest BCUT2D eigenvalue weighted by molar-refractivity contribution is 4.82. The van der Waals surface area contributed by atoms with E-state index in [0.717, 1.165) is 5.92 Å². The van der Waals surface area contributed by atoms with Gasteiger partial charge in [-0.1, -0.05) is 6.92 Å². The Morgan fingerprint density at radius 1 is 1.38 bits per heavy atom. The number of hydrogen-bond acceptors (Lipinski definition) is 4. The Kier molecular flexibility index (Phi) is 6.28. The molecule has 0 bridgehead atoms. The van der Waals surface area contributed by atoms with Gasteiger partial charge in [-0.2, -0.15) is 0 Å². The molecule has 0 aromatic heterocycles. The van der Waals surface area contributed by atoms with Gasteiger partial charge in [0.15, 0.2) is 0 Å². The summed E-state index contributed by atoms with van der Waals surface area (Å²) >= 11 is 0. The molecule has 4 nitrogen and oxygen atoms in total. The van der Waals surface area contributed by atoms with E-state index < -0.39 is 6.10 Å². The van der Waals surface area contributed by atoms with Crippen molar-refractivity contribution in [2.24, 2.45) is 5.92 Å². The van der Waals surface area contributed by atoms with Crippen LogP contribution >= 0.6 is 0 Å². The third-order valence-corrected chi connectivity index (χ3v) is 2.99. The minimum absolute atomic E-state index is 0.0448. The van der Waals surface area contributed by atoms with E-state index in [-0.39, 0.29) is 6.10 Å². The second-order valence-electron chi connectivity index (χ2n) is 4.93. The van der Waals surface area contributed by atoms with Gasteiger partial charge in [0, 0.05) is 19.7 Å². The summed E-state index contributed by atoms with van der Waals surface area (Å²) in [5.74, 6) is 0.840. The van der Waals surface area contributed by atoms with E-state index in [9.17, 15) is 5.11 Å². The van der Waals surface area contributed by atoms with Gasteiger partial charge in [0.2, 0.25) is 0 Å². The molecule has 1 saturated carbocycles. The summed E-state index contributed by atoms with van der Waals surface area (Å²) in [6, 6.07) is 0.598. The first-order chi connectivity index (χ1) is 7.61. The topological polar surface area (TPSA) is 50.7 Å². The molecule has 0 heterocycles. The fraction of sp³-hybridized carbons (Fsp3) is 1.00. The largest absolute Gasteiger partial charge is 0.389 e. The maximum absolute atomic E-state index is 9.67. The lowest BCUT2D eigenvalue weighted by molar-refractivity contribution is -0.0324. The van der Waals surface area contributed by atoms with Crippen molar-refractivity contribution in [1.29, 1.82) is 0 Å². The Hall–Kier alpha value is -0.160. The molecule has 4 heteroatoms. The highest BCUT2D eigenvalue weighted by atomic mass is 16.5. The van der Waals surface area contributed by atoms with Gasteiger partial charge in [-0.05, 0) is 25.7 Å². The van der Waals surface area contributed by atoms with Crippen molar-refractivity contribution in [2.75, 3.05) is 26.9 Å². The first kappa shape index (κ1) is 13.9. The quantitative estimate of drug-likeness (QED) is 0.648. The smallest absolute Gasteiger partial charge is 0.0897 e. The van der Waals surface area contributed by atoms with E-state index in [1.165, 1.54) is 12.8 Å². The van der Waals surface area contributed by atoms with E-state index in [1.807, 2.05) is 6.92 Å². The lowest BCUT2D eigenvalue weighted by Crippen LogP contribution is -2.44. The minimum atomic E-state index is -0.421. The van der Waals surface area contributed by atoms with Gasteiger partial charge in [-0.15, -0.1) is 0 Å². The summed E-state index contributed by atoms with van der Waals surface area (Å²) in [5.41, 5.74) is 0. The van der Waals surface area contributed by atoms with Crippen LogP contribution in [0.2, 0.25) is 0 Å². The standard InChI is InChI=1S/C12H25NO3/c1-9-4-11(5-9)13-6-12(14)8-16-10(2)7-15-3/h9-14H,4-8H2,1-3H3. The van der Waals surface area contributed by atoms with Gasteiger partial charge in [0.05, 0.1) is 25.4 Å². The number of ether oxygens (including phenoxy) is 2. The molecule has 0 aromatic rings. The van der Waals surface area contributed by atoms with Crippen molar-refractivity contribution in [1.82, 2.24) is 5.32 Å². The molecule has 96 valence electrons. The van der Waals surface area contributed by atoms with Crippen LogP contribution in [0.5, 0.6) is 0 Å². The van der Waals surface area contributed by atoms with Crippen molar-refractivity contribution in [3.05, 3.63) is 0 Å². The first-order valence-electron chi connectivity index (χ1n) is 6.13. The molecular formula is C12H25NO3. The average molecular weight is 231 g/mol. The molecule has 1 aliphatic carbocycles. The molecule has 0 radical (unpaired) electrons. The number of rotatable bonds is 8. The average Bonchev–Trinajstić information content (AvgIpc) is 2.20. The van der Waals surface area contributed by atoms with Gasteiger partial charge in [0.1, 0.15) is 0 Å². The Labute approximate surface area is 98.3 Å². The third kappa shape index (κ3) is 5.25. The monoisotopic (exact) mass is 231 g/mol. The molecule has 2 atom stereocenters. The van der Waals surface area contributed by atoms with Crippen LogP contribution < -0.4 is 5.32 Å². The maximum atomic E-state index is 9.67. The fourth-order valence-corrected chi connectivity index (χ4v) is 1.99. The summed E-state index contributed by atoms with van der Waals surface area (Å²) in [6.45, 7) is 5.76. The van der Waals surface area contributed by atoms with Crippen molar-refractivity contribution in [3.8, 4) is 0 Å². The lowest BCUT2D eigenvalue weighted by Gasteiger charge is -2.34. The Balaban J connectivity index is 1.96. The van der Waals surface area contributed by atoms with Gasteiger partial charge >= 0.3 is 0 Å². The van der Waals surface area contributed by atoms with Gasteiger partial charge < -0.3 is 19.9 Å². The lowest BCUT2D eigenvalue weighted by atomic mass is 9.82. The summed E-state index contributed by atoms with van der Waals surface area (Å²) in [6.07, 6.45) is 2.08. The number of aliphatic hydroxyl groups is 1. The zero-order valence-corrected chi connectivity index (χ0v) is 10.6. The van der Waals surface area contributed by atoms with E-state index in [4.69, 9.17) is 9.47 Å². The number of methoxy groups -OCH3 is 1. The maximum Gasteiger partial charge on any atom is 0.0897 e. The van der Waals surface area contributed by atoms with Crippen LogP contribution in [-0.2, 0) is 9.47 Å². The normalized spacial score (nSPS) is 28.5. The molecule has 0 aliphatic heterocycles. The van der Waals surface area contributed by atoms with Gasteiger partial charge in [-0.25, -0.2) is 0 Å². The molecular weight excluding hydrogens is 206 g/mol. The molecule has 1 rings (SSSR count). The molecule has 2 unspecified atom stereocenters. The first-order valence-corrected chi connectivity index (χ1v) is 6.13. The van der Waals surface area contributed by atoms with E-state index >= 15 is 0 Å². The third-order valence-electron chi connectivity index (χ3n) is 2.99. The van der Waals surface area contributed by atoms with Gasteiger partial charge in [0.25, 0.3) is 0 Å².